The van der Waals surface area contributed by atoms with Gasteiger partial charge < -0.3 is 29.7 Å². The number of benzene rings is 2. The summed E-state index contributed by atoms with van der Waals surface area (Å²) in [6, 6.07) is 16.3. The standard InChI is InChI=1S/C25H38N4O3.HI/c1-20(2)32-24-13-9-22(10-14-24)28-25(26-15-6-16-31-18-17-30-5)27-19-21-7-11-23(12-8-21)29(3)4;/h7-14,20H,6,15-19H2,1-5H3,(H2,26,27,28);1H. The molecule has 33 heavy (non-hydrogen) atoms. The van der Waals surface area contributed by atoms with Crippen molar-refractivity contribution in [2.75, 3.05) is 57.8 Å². The van der Waals surface area contributed by atoms with Crippen LogP contribution in [0.15, 0.2) is 53.5 Å². The van der Waals surface area contributed by atoms with Crippen LogP contribution in [0.2, 0.25) is 0 Å². The van der Waals surface area contributed by atoms with E-state index in [1.165, 1.54) is 5.69 Å². The van der Waals surface area contributed by atoms with Gasteiger partial charge in [-0.3, -0.25) is 0 Å². The van der Waals surface area contributed by atoms with Crippen LogP contribution in [0.1, 0.15) is 25.8 Å². The normalized spacial score (nSPS) is 11.2. The summed E-state index contributed by atoms with van der Waals surface area (Å²) in [6.07, 6.45) is 1.03. The lowest BCUT2D eigenvalue weighted by Gasteiger charge is -2.15. The van der Waals surface area contributed by atoms with Crippen molar-refractivity contribution in [3.05, 3.63) is 54.1 Å². The first-order valence-corrected chi connectivity index (χ1v) is 11.1. The Morgan fingerprint density at radius 2 is 1.67 bits per heavy atom. The second-order valence-corrected chi connectivity index (χ2v) is 7.93. The van der Waals surface area contributed by atoms with Gasteiger partial charge in [0.15, 0.2) is 5.96 Å². The first-order valence-electron chi connectivity index (χ1n) is 11.1. The van der Waals surface area contributed by atoms with Gasteiger partial charge in [0.1, 0.15) is 5.75 Å². The number of nitrogens with one attached hydrogen (secondary N) is 2. The van der Waals surface area contributed by atoms with E-state index in [0.29, 0.717) is 26.4 Å². The largest absolute Gasteiger partial charge is 0.491 e. The second kappa shape index (κ2) is 16.6. The van der Waals surface area contributed by atoms with Crippen molar-refractivity contribution in [1.29, 1.82) is 0 Å². The molecule has 0 bridgehead atoms. The summed E-state index contributed by atoms with van der Waals surface area (Å²) in [7, 11) is 5.75. The fourth-order valence-corrected chi connectivity index (χ4v) is 2.86. The minimum Gasteiger partial charge on any atom is -0.491 e. The van der Waals surface area contributed by atoms with Crippen LogP contribution in [0.25, 0.3) is 0 Å². The molecule has 0 aromatic heterocycles. The van der Waals surface area contributed by atoms with Crippen molar-refractivity contribution in [2.24, 2.45) is 4.99 Å². The van der Waals surface area contributed by atoms with E-state index in [4.69, 9.17) is 19.2 Å². The molecule has 0 aliphatic rings. The number of anilines is 2. The summed E-state index contributed by atoms with van der Waals surface area (Å²) >= 11 is 0. The zero-order valence-corrected chi connectivity index (χ0v) is 22.8. The van der Waals surface area contributed by atoms with Crippen LogP contribution in [0.5, 0.6) is 5.75 Å². The molecule has 0 fully saturated rings. The molecule has 0 atom stereocenters. The number of guanidine groups is 1. The second-order valence-electron chi connectivity index (χ2n) is 7.93. The summed E-state index contributed by atoms with van der Waals surface area (Å²) in [5.74, 6) is 1.59. The van der Waals surface area contributed by atoms with Crippen molar-refractivity contribution in [3.8, 4) is 5.75 Å². The Balaban J connectivity index is 0.00000544. The fourth-order valence-electron chi connectivity index (χ4n) is 2.86. The molecule has 8 heteroatoms. The molecule has 0 aliphatic heterocycles. The number of ether oxygens (including phenoxy) is 3. The predicted octanol–water partition coefficient (Wildman–Crippen LogP) is 4.77. The summed E-state index contributed by atoms with van der Waals surface area (Å²) in [5, 5.41) is 6.78. The molecule has 0 amide bonds. The lowest BCUT2D eigenvalue weighted by Crippen LogP contribution is -2.32. The number of methoxy groups -OCH3 is 1. The smallest absolute Gasteiger partial charge is 0.196 e. The van der Waals surface area contributed by atoms with Gasteiger partial charge in [-0.15, -0.1) is 24.0 Å². The number of aliphatic imine (C=N–C) groups is 1. The van der Waals surface area contributed by atoms with Gasteiger partial charge in [0.2, 0.25) is 0 Å². The third kappa shape index (κ3) is 12.1. The fraction of sp³-hybridized carbons (Fsp3) is 0.480. The molecule has 2 aromatic carbocycles. The summed E-state index contributed by atoms with van der Waals surface area (Å²) in [4.78, 5) is 6.86. The van der Waals surface area contributed by atoms with E-state index < -0.39 is 0 Å². The van der Waals surface area contributed by atoms with E-state index in [9.17, 15) is 0 Å². The van der Waals surface area contributed by atoms with E-state index in [1.807, 2.05) is 52.2 Å². The minimum absolute atomic E-state index is 0. The Morgan fingerprint density at radius 3 is 2.27 bits per heavy atom. The number of halogens is 1. The van der Waals surface area contributed by atoms with Gasteiger partial charge in [0, 0.05) is 45.7 Å². The number of nitrogens with zero attached hydrogens (tertiary/aromatic N) is 2. The molecule has 2 N–H and O–H groups in total. The average molecular weight is 571 g/mol. The van der Waals surface area contributed by atoms with E-state index in [-0.39, 0.29) is 30.1 Å². The zero-order chi connectivity index (χ0) is 23.2. The highest BCUT2D eigenvalue weighted by molar-refractivity contribution is 14.0. The van der Waals surface area contributed by atoms with Gasteiger partial charge in [-0.05, 0) is 62.2 Å². The van der Waals surface area contributed by atoms with E-state index in [2.05, 4.69) is 39.8 Å². The van der Waals surface area contributed by atoms with Gasteiger partial charge in [-0.2, -0.15) is 0 Å². The van der Waals surface area contributed by atoms with Gasteiger partial charge in [0.25, 0.3) is 0 Å². The Bertz CT molecular complexity index is 796. The third-order valence-electron chi connectivity index (χ3n) is 4.55. The average Bonchev–Trinajstić information content (AvgIpc) is 2.77. The maximum Gasteiger partial charge on any atom is 0.196 e. The number of hydrogen-bond donors (Lipinski definition) is 2. The van der Waals surface area contributed by atoms with E-state index >= 15 is 0 Å². The lowest BCUT2D eigenvalue weighted by atomic mass is 10.2. The molecule has 7 nitrogen and oxygen atoms in total. The van der Waals surface area contributed by atoms with Crippen LogP contribution in [0, 0.1) is 0 Å². The van der Waals surface area contributed by atoms with Crippen LogP contribution in [0.4, 0.5) is 11.4 Å². The zero-order valence-electron chi connectivity index (χ0n) is 20.5. The van der Waals surface area contributed by atoms with Crippen LogP contribution < -0.4 is 20.3 Å². The summed E-state index contributed by atoms with van der Waals surface area (Å²) < 4.78 is 16.3. The Morgan fingerprint density at radius 1 is 0.970 bits per heavy atom. The third-order valence-corrected chi connectivity index (χ3v) is 4.55. The monoisotopic (exact) mass is 570 g/mol. The van der Waals surface area contributed by atoms with Gasteiger partial charge in [-0.1, -0.05) is 12.1 Å². The lowest BCUT2D eigenvalue weighted by molar-refractivity contribution is 0.0699. The Labute approximate surface area is 215 Å². The Kier molecular flexibility index (Phi) is 14.5. The van der Waals surface area contributed by atoms with E-state index in [0.717, 1.165) is 35.9 Å². The van der Waals surface area contributed by atoms with Gasteiger partial charge in [-0.25, -0.2) is 4.99 Å². The van der Waals surface area contributed by atoms with Crippen LogP contribution in [0.3, 0.4) is 0 Å². The van der Waals surface area contributed by atoms with Crippen LogP contribution >= 0.6 is 24.0 Å². The topological polar surface area (TPSA) is 67.4 Å². The molecule has 0 heterocycles. The number of hydrogen-bond acceptors (Lipinski definition) is 5. The molecule has 0 radical (unpaired) electrons. The summed E-state index contributed by atoms with van der Waals surface area (Å²) in [5.41, 5.74) is 3.28. The molecule has 2 aromatic rings. The minimum atomic E-state index is 0. The molecule has 0 unspecified atom stereocenters. The Hall–Kier alpha value is -2.04. The maximum absolute atomic E-state index is 5.73. The van der Waals surface area contributed by atoms with E-state index in [1.54, 1.807) is 7.11 Å². The first kappa shape index (κ1) is 29.0. The molecule has 184 valence electrons. The first-order chi connectivity index (χ1) is 15.5. The molecule has 0 spiro atoms. The van der Waals surface area contributed by atoms with Gasteiger partial charge >= 0.3 is 0 Å². The molecule has 2 rings (SSSR count). The van der Waals surface area contributed by atoms with Gasteiger partial charge in [0.05, 0.1) is 25.9 Å². The van der Waals surface area contributed by atoms with Crippen molar-refractivity contribution in [1.82, 2.24) is 5.32 Å². The van der Waals surface area contributed by atoms with Crippen molar-refractivity contribution in [2.45, 2.75) is 32.9 Å². The van der Waals surface area contributed by atoms with Crippen molar-refractivity contribution >= 4 is 41.3 Å². The summed E-state index contributed by atoms with van der Waals surface area (Å²) in [6.45, 7) is 7.29. The quantitative estimate of drug-likeness (QED) is 0.157. The van der Waals surface area contributed by atoms with Crippen molar-refractivity contribution in [3.63, 3.8) is 0 Å². The highest BCUT2D eigenvalue weighted by Crippen LogP contribution is 2.17. The molecular formula is C25H39IN4O3. The molecule has 0 saturated heterocycles. The SMILES string of the molecule is COCCOCCCNC(=NCc1ccc(N(C)C)cc1)Nc1ccc(OC(C)C)cc1.I. The predicted molar refractivity (Wildman–Crippen MR) is 148 cm³/mol. The maximum atomic E-state index is 5.73. The highest BCUT2D eigenvalue weighted by Gasteiger charge is 2.03. The van der Waals surface area contributed by atoms with Crippen LogP contribution in [-0.2, 0) is 16.0 Å². The molecule has 0 saturated carbocycles. The molecular weight excluding hydrogens is 531 g/mol. The number of rotatable bonds is 13. The van der Waals surface area contributed by atoms with Crippen molar-refractivity contribution < 1.29 is 14.2 Å². The highest BCUT2D eigenvalue weighted by atomic mass is 127. The molecule has 0 aliphatic carbocycles. The van der Waals surface area contributed by atoms with Crippen LogP contribution in [-0.4, -0.2) is 59.6 Å².